The van der Waals surface area contributed by atoms with Crippen LogP contribution in [0.3, 0.4) is 0 Å². The van der Waals surface area contributed by atoms with Crippen LogP contribution in [0, 0.1) is 5.82 Å². The molecule has 0 aliphatic carbocycles. The molecule has 0 radical (unpaired) electrons. The van der Waals surface area contributed by atoms with Crippen molar-refractivity contribution in [3.8, 4) is 0 Å². The Labute approximate surface area is 108 Å². The zero-order valence-corrected chi connectivity index (χ0v) is 10.7. The van der Waals surface area contributed by atoms with E-state index in [0.29, 0.717) is 0 Å². The lowest BCUT2D eigenvalue weighted by atomic mass is 10.2. The summed E-state index contributed by atoms with van der Waals surface area (Å²) in [6.45, 7) is 5.84. The van der Waals surface area contributed by atoms with E-state index in [9.17, 15) is 4.39 Å². The summed E-state index contributed by atoms with van der Waals surface area (Å²) in [5.41, 5.74) is 1.03. The smallest absolute Gasteiger partial charge is 0.123 e. The summed E-state index contributed by atoms with van der Waals surface area (Å²) in [7, 11) is 0. The van der Waals surface area contributed by atoms with Gasteiger partial charge in [-0.05, 0) is 37.2 Å². The lowest BCUT2D eigenvalue weighted by Gasteiger charge is -2.21. The van der Waals surface area contributed by atoms with Crippen LogP contribution in [-0.4, -0.2) is 54.2 Å². The highest BCUT2D eigenvalue weighted by Crippen LogP contribution is 2.10. The van der Waals surface area contributed by atoms with Gasteiger partial charge < -0.3 is 5.11 Å². The number of hydrogen-bond donors (Lipinski definition) is 1. The number of aliphatic hydroxyl groups is 1. The monoisotopic (exact) mass is 252 g/mol. The van der Waals surface area contributed by atoms with Gasteiger partial charge in [0.25, 0.3) is 0 Å². The zero-order valence-electron chi connectivity index (χ0n) is 10.7. The van der Waals surface area contributed by atoms with E-state index < -0.39 is 0 Å². The minimum absolute atomic E-state index is 0.163. The molecule has 0 saturated carbocycles. The number of halogens is 1. The van der Waals surface area contributed by atoms with Crippen LogP contribution >= 0.6 is 0 Å². The molecule has 2 rings (SSSR count). The molecule has 1 saturated heterocycles. The Balaban J connectivity index is 1.87. The summed E-state index contributed by atoms with van der Waals surface area (Å²) in [6, 6.07) is 6.82. The zero-order chi connectivity index (χ0) is 12.8. The molecule has 0 bridgehead atoms. The molecule has 18 heavy (non-hydrogen) atoms. The molecular weight excluding hydrogens is 231 g/mol. The van der Waals surface area contributed by atoms with Crippen molar-refractivity contribution >= 4 is 0 Å². The molecule has 4 heteroatoms. The molecule has 100 valence electrons. The van der Waals surface area contributed by atoms with E-state index in [1.165, 1.54) is 6.07 Å². The number of rotatable bonds is 4. The van der Waals surface area contributed by atoms with Gasteiger partial charge in [0.15, 0.2) is 0 Å². The van der Waals surface area contributed by atoms with Crippen molar-refractivity contribution in [3.63, 3.8) is 0 Å². The van der Waals surface area contributed by atoms with Crippen LogP contribution in [-0.2, 0) is 6.54 Å². The summed E-state index contributed by atoms with van der Waals surface area (Å²) in [6.07, 6.45) is 1.11. The second-order valence-corrected chi connectivity index (χ2v) is 4.82. The Morgan fingerprint density at radius 3 is 2.67 bits per heavy atom. The molecule has 0 atom stereocenters. The highest BCUT2D eigenvalue weighted by molar-refractivity contribution is 5.16. The highest BCUT2D eigenvalue weighted by Gasteiger charge is 2.14. The fraction of sp³-hybridized carbons (Fsp3) is 0.571. The Hall–Kier alpha value is -0.970. The van der Waals surface area contributed by atoms with Gasteiger partial charge in [-0.15, -0.1) is 0 Å². The fourth-order valence-corrected chi connectivity index (χ4v) is 2.44. The molecule has 3 nitrogen and oxygen atoms in total. The Kier molecular flexibility index (Phi) is 5.11. The van der Waals surface area contributed by atoms with Crippen LogP contribution in [0.2, 0.25) is 0 Å². The van der Waals surface area contributed by atoms with E-state index in [-0.39, 0.29) is 12.4 Å². The first kappa shape index (κ1) is 13.5. The summed E-state index contributed by atoms with van der Waals surface area (Å²) in [4.78, 5) is 4.64. The predicted molar refractivity (Wildman–Crippen MR) is 69.8 cm³/mol. The van der Waals surface area contributed by atoms with E-state index in [1.54, 1.807) is 12.1 Å². The average Bonchev–Trinajstić information content (AvgIpc) is 2.56. The van der Waals surface area contributed by atoms with Crippen molar-refractivity contribution in [3.05, 3.63) is 35.6 Å². The molecule has 0 unspecified atom stereocenters. The Morgan fingerprint density at radius 1 is 1.11 bits per heavy atom. The number of aliphatic hydroxyl groups excluding tert-OH is 1. The van der Waals surface area contributed by atoms with Crippen molar-refractivity contribution in [1.29, 1.82) is 0 Å². The molecule has 1 fully saturated rings. The summed E-state index contributed by atoms with van der Waals surface area (Å²) in [5.74, 6) is -0.163. The molecule has 0 aromatic heterocycles. The number of benzene rings is 1. The summed E-state index contributed by atoms with van der Waals surface area (Å²) in [5, 5.41) is 8.95. The highest BCUT2D eigenvalue weighted by atomic mass is 19.1. The minimum atomic E-state index is -0.163. The van der Waals surface area contributed by atoms with Crippen LogP contribution in [0.15, 0.2) is 24.3 Å². The first-order chi connectivity index (χ1) is 8.78. The normalized spacial score (nSPS) is 18.8. The average molecular weight is 252 g/mol. The number of nitrogens with zero attached hydrogens (tertiary/aromatic N) is 2. The van der Waals surface area contributed by atoms with E-state index in [0.717, 1.165) is 51.3 Å². The topological polar surface area (TPSA) is 26.7 Å². The lowest BCUT2D eigenvalue weighted by Crippen LogP contribution is -2.32. The van der Waals surface area contributed by atoms with Crippen LogP contribution < -0.4 is 0 Å². The van der Waals surface area contributed by atoms with E-state index >= 15 is 0 Å². The number of hydrogen-bond acceptors (Lipinski definition) is 3. The second kappa shape index (κ2) is 6.83. The molecule has 1 N–H and O–H groups in total. The lowest BCUT2D eigenvalue weighted by molar-refractivity contribution is 0.196. The van der Waals surface area contributed by atoms with Gasteiger partial charge in [0.1, 0.15) is 5.82 Å². The van der Waals surface area contributed by atoms with Crippen molar-refractivity contribution in [2.24, 2.45) is 0 Å². The van der Waals surface area contributed by atoms with E-state index in [2.05, 4.69) is 9.80 Å². The van der Waals surface area contributed by atoms with Gasteiger partial charge in [-0.2, -0.15) is 0 Å². The molecule has 1 aliphatic rings. The molecule has 0 amide bonds. The number of β-amino-alcohol motifs (C(OH)–C–C–N with tert-alkyl or cyclic N) is 1. The molecule has 1 heterocycles. The van der Waals surface area contributed by atoms with Gasteiger partial charge in [0, 0.05) is 26.2 Å². The van der Waals surface area contributed by atoms with Gasteiger partial charge in [-0.1, -0.05) is 12.1 Å². The maximum absolute atomic E-state index is 13.1. The van der Waals surface area contributed by atoms with Crippen LogP contribution in [0.25, 0.3) is 0 Å². The van der Waals surface area contributed by atoms with Crippen molar-refractivity contribution in [1.82, 2.24) is 9.80 Å². The first-order valence-corrected chi connectivity index (χ1v) is 6.58. The predicted octanol–water partition coefficient (Wildman–Crippen LogP) is 1.33. The maximum atomic E-state index is 13.1. The maximum Gasteiger partial charge on any atom is 0.123 e. The molecule has 0 spiro atoms. The summed E-state index contributed by atoms with van der Waals surface area (Å²) < 4.78 is 13.1. The van der Waals surface area contributed by atoms with Crippen LogP contribution in [0.5, 0.6) is 0 Å². The van der Waals surface area contributed by atoms with Gasteiger partial charge >= 0.3 is 0 Å². The van der Waals surface area contributed by atoms with Gasteiger partial charge in [0.05, 0.1) is 6.61 Å². The van der Waals surface area contributed by atoms with Gasteiger partial charge in [-0.3, -0.25) is 9.80 Å². The standard InChI is InChI=1S/C14H21FN2O/c15-14-4-1-3-13(11-14)12-17-6-2-5-16(7-8-17)9-10-18/h1,3-4,11,18H,2,5-10,12H2. The van der Waals surface area contributed by atoms with E-state index in [1.807, 2.05) is 6.07 Å². The van der Waals surface area contributed by atoms with Gasteiger partial charge in [-0.25, -0.2) is 4.39 Å². The van der Waals surface area contributed by atoms with Crippen LogP contribution in [0.1, 0.15) is 12.0 Å². The van der Waals surface area contributed by atoms with Crippen molar-refractivity contribution in [2.45, 2.75) is 13.0 Å². The largest absolute Gasteiger partial charge is 0.395 e. The van der Waals surface area contributed by atoms with Gasteiger partial charge in [0.2, 0.25) is 0 Å². The molecular formula is C14H21FN2O. The molecule has 1 aromatic rings. The van der Waals surface area contributed by atoms with Crippen molar-refractivity contribution in [2.75, 3.05) is 39.3 Å². The second-order valence-electron chi connectivity index (χ2n) is 4.82. The van der Waals surface area contributed by atoms with Crippen molar-refractivity contribution < 1.29 is 9.50 Å². The quantitative estimate of drug-likeness (QED) is 0.875. The Morgan fingerprint density at radius 2 is 1.89 bits per heavy atom. The third-order valence-corrected chi connectivity index (χ3v) is 3.39. The first-order valence-electron chi connectivity index (χ1n) is 6.58. The third-order valence-electron chi connectivity index (χ3n) is 3.39. The third kappa shape index (κ3) is 4.05. The Bertz CT molecular complexity index is 373. The van der Waals surface area contributed by atoms with E-state index in [4.69, 9.17) is 5.11 Å². The molecule has 1 aromatic carbocycles. The molecule has 1 aliphatic heterocycles. The fourth-order valence-electron chi connectivity index (χ4n) is 2.44. The van der Waals surface area contributed by atoms with Crippen LogP contribution in [0.4, 0.5) is 4.39 Å². The minimum Gasteiger partial charge on any atom is -0.395 e. The SMILES string of the molecule is OCCN1CCCN(Cc2cccc(F)c2)CC1. The summed E-state index contributed by atoms with van der Waals surface area (Å²) >= 11 is 0.